The number of imidazole rings is 1. The van der Waals surface area contributed by atoms with E-state index < -0.39 is 0 Å². The Balaban J connectivity index is 2.80. The van der Waals surface area contributed by atoms with Crippen LogP contribution in [0.15, 0.2) is 18.2 Å². The van der Waals surface area contributed by atoms with E-state index in [0.29, 0.717) is 0 Å². The molecule has 0 unspecified atom stereocenters. The molecule has 0 aliphatic heterocycles. The van der Waals surface area contributed by atoms with Crippen LogP contribution in [-0.4, -0.2) is 9.55 Å². The van der Waals surface area contributed by atoms with Crippen molar-refractivity contribution in [1.29, 1.82) is 0 Å². The van der Waals surface area contributed by atoms with Gasteiger partial charge in [-0.25, -0.2) is 4.98 Å². The molecule has 1 aromatic heterocycles. The number of hydrogen-bond donors (Lipinski definition) is 1. The predicted molar refractivity (Wildman–Crippen MR) is 63.9 cm³/mol. The summed E-state index contributed by atoms with van der Waals surface area (Å²) in [5.74, 6) is 1.03. The molecule has 2 aromatic rings. The van der Waals surface area contributed by atoms with Gasteiger partial charge >= 0.3 is 0 Å². The zero-order chi connectivity index (χ0) is 11.2. The quantitative estimate of drug-likeness (QED) is 0.669. The molecule has 15 heavy (non-hydrogen) atoms. The van der Waals surface area contributed by atoms with Gasteiger partial charge in [0.15, 0.2) is 0 Å². The normalized spacial score (nSPS) is 12.3. The van der Waals surface area contributed by atoms with Crippen molar-refractivity contribution in [2.45, 2.75) is 33.2 Å². The Bertz CT molecular complexity index is 503. The Morgan fingerprint density at radius 2 is 1.93 bits per heavy atom. The highest BCUT2D eigenvalue weighted by Gasteiger charge is 2.18. The van der Waals surface area contributed by atoms with Gasteiger partial charge in [-0.05, 0) is 45.9 Å². The summed E-state index contributed by atoms with van der Waals surface area (Å²) in [6.45, 7) is 8.56. The maximum absolute atomic E-state index is 5.74. The number of rotatable bonds is 0. The van der Waals surface area contributed by atoms with E-state index in [2.05, 4.69) is 30.3 Å². The second-order valence-corrected chi connectivity index (χ2v) is 4.91. The van der Waals surface area contributed by atoms with Crippen molar-refractivity contribution in [2.75, 3.05) is 5.73 Å². The third-order valence-corrected chi connectivity index (χ3v) is 2.52. The van der Waals surface area contributed by atoms with Crippen LogP contribution in [0.3, 0.4) is 0 Å². The number of nitrogens with two attached hydrogens (primary N) is 1. The summed E-state index contributed by atoms with van der Waals surface area (Å²) in [6, 6.07) is 5.88. The van der Waals surface area contributed by atoms with E-state index in [1.54, 1.807) is 0 Å². The van der Waals surface area contributed by atoms with Gasteiger partial charge < -0.3 is 10.3 Å². The van der Waals surface area contributed by atoms with Crippen molar-refractivity contribution in [3.05, 3.63) is 24.0 Å². The molecule has 1 aromatic carbocycles. The minimum absolute atomic E-state index is 0.0505. The highest BCUT2D eigenvalue weighted by atomic mass is 15.1. The highest BCUT2D eigenvalue weighted by Crippen LogP contribution is 2.25. The Morgan fingerprint density at radius 3 is 2.53 bits per heavy atom. The van der Waals surface area contributed by atoms with Crippen molar-refractivity contribution in [3.8, 4) is 0 Å². The first kappa shape index (κ1) is 10.0. The second-order valence-electron chi connectivity index (χ2n) is 4.91. The molecule has 0 atom stereocenters. The standard InChI is InChI=1S/C12H17N3/c1-8-14-10-7-9(13)5-6-11(10)15(8)12(2,3)4/h5-7H,13H2,1-4H3. The maximum Gasteiger partial charge on any atom is 0.107 e. The van der Waals surface area contributed by atoms with Crippen molar-refractivity contribution in [1.82, 2.24) is 9.55 Å². The van der Waals surface area contributed by atoms with Crippen molar-refractivity contribution < 1.29 is 0 Å². The van der Waals surface area contributed by atoms with E-state index >= 15 is 0 Å². The Labute approximate surface area is 89.9 Å². The van der Waals surface area contributed by atoms with Crippen LogP contribution in [0.4, 0.5) is 5.69 Å². The molecule has 0 radical (unpaired) electrons. The molecule has 0 spiro atoms. The Kier molecular flexibility index (Phi) is 2.00. The summed E-state index contributed by atoms with van der Waals surface area (Å²) in [5.41, 5.74) is 8.68. The van der Waals surface area contributed by atoms with Gasteiger partial charge in [0.2, 0.25) is 0 Å². The number of benzene rings is 1. The third kappa shape index (κ3) is 1.58. The van der Waals surface area contributed by atoms with Crippen LogP contribution in [0, 0.1) is 6.92 Å². The van der Waals surface area contributed by atoms with Gasteiger partial charge in [0.1, 0.15) is 5.82 Å². The molecular weight excluding hydrogens is 186 g/mol. The monoisotopic (exact) mass is 203 g/mol. The zero-order valence-corrected chi connectivity index (χ0v) is 9.70. The number of aryl methyl sites for hydroxylation is 1. The summed E-state index contributed by atoms with van der Waals surface area (Å²) in [7, 11) is 0. The van der Waals surface area contributed by atoms with Crippen molar-refractivity contribution in [3.63, 3.8) is 0 Å². The van der Waals surface area contributed by atoms with Crippen LogP contribution in [0.2, 0.25) is 0 Å². The molecule has 3 heteroatoms. The fourth-order valence-electron chi connectivity index (χ4n) is 2.06. The zero-order valence-electron chi connectivity index (χ0n) is 9.70. The number of nitrogen functional groups attached to an aromatic ring is 1. The van der Waals surface area contributed by atoms with E-state index in [-0.39, 0.29) is 5.54 Å². The topological polar surface area (TPSA) is 43.8 Å². The number of anilines is 1. The summed E-state index contributed by atoms with van der Waals surface area (Å²) < 4.78 is 2.24. The summed E-state index contributed by atoms with van der Waals surface area (Å²) in [5, 5.41) is 0. The molecule has 2 N–H and O–H groups in total. The van der Waals surface area contributed by atoms with Crippen LogP contribution in [0.5, 0.6) is 0 Å². The third-order valence-electron chi connectivity index (χ3n) is 2.52. The van der Waals surface area contributed by atoms with E-state index in [9.17, 15) is 0 Å². The molecule has 0 amide bonds. The van der Waals surface area contributed by atoms with Crippen LogP contribution >= 0.6 is 0 Å². The average Bonchev–Trinajstić information content (AvgIpc) is 2.38. The molecule has 0 saturated carbocycles. The van der Waals surface area contributed by atoms with Crippen LogP contribution < -0.4 is 5.73 Å². The van der Waals surface area contributed by atoms with Crippen LogP contribution in [0.25, 0.3) is 11.0 Å². The largest absolute Gasteiger partial charge is 0.399 e. The van der Waals surface area contributed by atoms with Crippen LogP contribution in [0.1, 0.15) is 26.6 Å². The highest BCUT2D eigenvalue weighted by molar-refractivity contribution is 5.79. The Morgan fingerprint density at radius 1 is 1.27 bits per heavy atom. The minimum atomic E-state index is 0.0505. The lowest BCUT2D eigenvalue weighted by atomic mass is 10.1. The fourth-order valence-corrected chi connectivity index (χ4v) is 2.06. The SMILES string of the molecule is Cc1nc2cc(N)ccc2n1C(C)(C)C. The molecule has 2 rings (SSSR count). The number of nitrogens with zero attached hydrogens (tertiary/aromatic N) is 2. The lowest BCUT2D eigenvalue weighted by molar-refractivity contribution is 0.400. The fraction of sp³-hybridized carbons (Fsp3) is 0.417. The second kappa shape index (κ2) is 2.99. The maximum atomic E-state index is 5.74. The van der Waals surface area contributed by atoms with Gasteiger partial charge in [-0.15, -0.1) is 0 Å². The number of hydrogen-bond acceptors (Lipinski definition) is 2. The lowest BCUT2D eigenvalue weighted by Gasteiger charge is -2.23. The predicted octanol–water partition coefficient (Wildman–Crippen LogP) is 2.68. The smallest absolute Gasteiger partial charge is 0.107 e. The van der Waals surface area contributed by atoms with Gasteiger partial charge in [0.05, 0.1) is 11.0 Å². The molecule has 80 valence electrons. The molecule has 0 saturated heterocycles. The van der Waals surface area contributed by atoms with Gasteiger partial charge in [-0.2, -0.15) is 0 Å². The van der Waals surface area contributed by atoms with E-state index in [0.717, 1.165) is 22.5 Å². The summed E-state index contributed by atoms with van der Waals surface area (Å²) in [6.07, 6.45) is 0. The summed E-state index contributed by atoms with van der Waals surface area (Å²) in [4.78, 5) is 4.52. The van der Waals surface area contributed by atoms with Gasteiger partial charge in [-0.1, -0.05) is 0 Å². The van der Waals surface area contributed by atoms with Gasteiger partial charge in [0, 0.05) is 11.2 Å². The molecular formula is C12H17N3. The van der Waals surface area contributed by atoms with Gasteiger partial charge in [-0.3, -0.25) is 0 Å². The van der Waals surface area contributed by atoms with Gasteiger partial charge in [0.25, 0.3) is 0 Å². The van der Waals surface area contributed by atoms with Crippen LogP contribution in [-0.2, 0) is 5.54 Å². The van der Waals surface area contributed by atoms with E-state index in [1.807, 2.05) is 25.1 Å². The molecule has 0 fully saturated rings. The molecule has 0 aliphatic carbocycles. The molecule has 0 bridgehead atoms. The Hall–Kier alpha value is -1.51. The first-order chi connectivity index (χ1) is 6.89. The molecule has 0 aliphatic rings. The minimum Gasteiger partial charge on any atom is -0.399 e. The lowest BCUT2D eigenvalue weighted by Crippen LogP contribution is -2.22. The van der Waals surface area contributed by atoms with Crippen molar-refractivity contribution in [2.24, 2.45) is 0 Å². The molecule has 1 heterocycles. The van der Waals surface area contributed by atoms with Crippen molar-refractivity contribution >= 4 is 16.7 Å². The number of fused-ring (bicyclic) bond motifs is 1. The first-order valence-electron chi connectivity index (χ1n) is 5.14. The van der Waals surface area contributed by atoms with E-state index in [4.69, 9.17) is 5.73 Å². The molecule has 3 nitrogen and oxygen atoms in total. The number of aromatic nitrogens is 2. The summed E-state index contributed by atoms with van der Waals surface area (Å²) >= 11 is 0. The van der Waals surface area contributed by atoms with E-state index in [1.165, 1.54) is 0 Å². The average molecular weight is 203 g/mol. The first-order valence-corrected chi connectivity index (χ1v) is 5.14.